The topological polar surface area (TPSA) is 38.3 Å². The number of rotatable bonds is 2. The van der Waals surface area contributed by atoms with E-state index >= 15 is 0 Å². The molecule has 104 valence electrons. The molecule has 0 saturated heterocycles. The average Bonchev–Trinajstić information content (AvgIpc) is 2.33. The van der Waals surface area contributed by atoms with Gasteiger partial charge in [0.1, 0.15) is 0 Å². The number of hydrogen-bond acceptors (Lipinski definition) is 2. The normalized spacial score (nSPS) is 20.5. The fraction of sp³-hybridized carbons (Fsp3) is 0.533. The third-order valence-corrected chi connectivity index (χ3v) is 4.27. The monoisotopic (exact) mass is 325 g/mol. The molecule has 0 heterocycles. The van der Waals surface area contributed by atoms with Crippen LogP contribution in [0.5, 0.6) is 0 Å². The Bertz CT molecular complexity index is 485. The second kappa shape index (κ2) is 5.53. The maximum atomic E-state index is 11.7. The molecule has 0 radical (unpaired) electrons. The fourth-order valence-electron chi connectivity index (χ4n) is 2.65. The van der Waals surface area contributed by atoms with Crippen LogP contribution < -0.4 is 5.32 Å². The van der Waals surface area contributed by atoms with Gasteiger partial charge in [0.15, 0.2) is 0 Å². The Labute approximate surface area is 122 Å². The molecule has 0 aliphatic heterocycles. The van der Waals surface area contributed by atoms with E-state index in [-0.39, 0.29) is 17.6 Å². The summed E-state index contributed by atoms with van der Waals surface area (Å²) in [5.41, 5.74) is 2.53. The van der Waals surface area contributed by atoms with Crippen LogP contribution in [0.2, 0.25) is 0 Å². The smallest absolute Gasteiger partial charge is 0.407 e. The number of halogens is 1. The minimum atomic E-state index is -0.339. The highest BCUT2D eigenvalue weighted by Crippen LogP contribution is 2.44. The third-order valence-electron chi connectivity index (χ3n) is 3.78. The molecule has 4 heteroatoms. The second-order valence-corrected chi connectivity index (χ2v) is 6.55. The van der Waals surface area contributed by atoms with Crippen molar-refractivity contribution in [2.75, 3.05) is 6.61 Å². The van der Waals surface area contributed by atoms with Gasteiger partial charge in [-0.1, -0.05) is 35.8 Å². The number of amides is 1. The van der Waals surface area contributed by atoms with E-state index in [1.807, 2.05) is 6.92 Å². The van der Waals surface area contributed by atoms with Gasteiger partial charge in [0.05, 0.1) is 12.6 Å². The highest BCUT2D eigenvalue weighted by atomic mass is 79.9. The van der Waals surface area contributed by atoms with Gasteiger partial charge in [0.25, 0.3) is 0 Å². The van der Waals surface area contributed by atoms with E-state index in [9.17, 15) is 4.79 Å². The number of carbonyl (C=O) groups excluding carboxylic acids is 1. The summed E-state index contributed by atoms with van der Waals surface area (Å²) in [6.45, 7) is 6.59. The zero-order valence-electron chi connectivity index (χ0n) is 11.6. The number of carbonyl (C=O) groups is 1. The summed E-state index contributed by atoms with van der Waals surface area (Å²) in [6.07, 6.45) is 1.77. The Kier molecular flexibility index (Phi) is 4.19. The van der Waals surface area contributed by atoms with Crippen LogP contribution in [-0.4, -0.2) is 12.7 Å². The molecule has 1 aliphatic rings. The molecule has 0 saturated carbocycles. The van der Waals surface area contributed by atoms with E-state index in [4.69, 9.17) is 4.74 Å². The number of ether oxygens (including phenoxy) is 1. The van der Waals surface area contributed by atoms with Crippen molar-refractivity contribution in [3.05, 3.63) is 33.8 Å². The number of aryl methyl sites for hydroxylation is 1. The van der Waals surface area contributed by atoms with Crippen molar-refractivity contribution in [1.82, 2.24) is 5.32 Å². The SMILES string of the molecule is CCOC(=O)NC1c2cc(Br)ccc2CCC1(C)C. The van der Waals surface area contributed by atoms with E-state index in [0.29, 0.717) is 6.61 Å². The van der Waals surface area contributed by atoms with Crippen LogP contribution in [0.15, 0.2) is 22.7 Å². The molecular formula is C15H20BrNO2. The Morgan fingerprint density at radius 3 is 2.95 bits per heavy atom. The molecule has 1 unspecified atom stereocenters. The summed E-state index contributed by atoms with van der Waals surface area (Å²) in [7, 11) is 0. The largest absolute Gasteiger partial charge is 0.450 e. The van der Waals surface area contributed by atoms with Crippen molar-refractivity contribution in [1.29, 1.82) is 0 Å². The molecule has 0 bridgehead atoms. The zero-order chi connectivity index (χ0) is 14.0. The van der Waals surface area contributed by atoms with Crippen LogP contribution in [0, 0.1) is 5.41 Å². The summed E-state index contributed by atoms with van der Waals surface area (Å²) < 4.78 is 6.06. The standard InChI is InChI=1S/C15H20BrNO2/c1-4-19-14(18)17-13-12-9-11(16)6-5-10(12)7-8-15(13,2)3/h5-6,9,13H,4,7-8H2,1-3H3,(H,17,18). The highest BCUT2D eigenvalue weighted by Gasteiger charge is 2.37. The van der Waals surface area contributed by atoms with Gasteiger partial charge < -0.3 is 10.1 Å². The minimum Gasteiger partial charge on any atom is -0.450 e. The Balaban J connectivity index is 2.33. The predicted octanol–water partition coefficient (Wildman–Crippen LogP) is 4.21. The molecule has 1 N–H and O–H groups in total. The van der Waals surface area contributed by atoms with Crippen molar-refractivity contribution >= 4 is 22.0 Å². The first-order valence-corrected chi connectivity index (χ1v) is 7.45. The lowest BCUT2D eigenvalue weighted by atomic mass is 9.70. The fourth-order valence-corrected chi connectivity index (χ4v) is 3.03. The lowest BCUT2D eigenvalue weighted by Crippen LogP contribution is -2.41. The summed E-state index contributed by atoms with van der Waals surface area (Å²) in [6, 6.07) is 6.29. The van der Waals surface area contributed by atoms with Gasteiger partial charge in [-0.05, 0) is 48.4 Å². The van der Waals surface area contributed by atoms with E-state index in [1.165, 1.54) is 11.1 Å². The van der Waals surface area contributed by atoms with Gasteiger partial charge in [0, 0.05) is 4.47 Å². The predicted molar refractivity (Wildman–Crippen MR) is 79.1 cm³/mol. The number of hydrogen-bond donors (Lipinski definition) is 1. The second-order valence-electron chi connectivity index (χ2n) is 5.63. The van der Waals surface area contributed by atoms with Gasteiger partial charge in [-0.15, -0.1) is 0 Å². The first kappa shape index (κ1) is 14.4. The van der Waals surface area contributed by atoms with Crippen molar-refractivity contribution in [3.63, 3.8) is 0 Å². The van der Waals surface area contributed by atoms with Crippen molar-refractivity contribution in [3.8, 4) is 0 Å². The first-order chi connectivity index (χ1) is 8.94. The lowest BCUT2D eigenvalue weighted by Gasteiger charge is -2.40. The van der Waals surface area contributed by atoms with E-state index in [2.05, 4.69) is 53.3 Å². The molecule has 3 nitrogen and oxygen atoms in total. The van der Waals surface area contributed by atoms with Crippen LogP contribution in [0.4, 0.5) is 4.79 Å². The maximum Gasteiger partial charge on any atom is 0.407 e. The van der Waals surface area contributed by atoms with Gasteiger partial charge >= 0.3 is 6.09 Å². The van der Waals surface area contributed by atoms with E-state index < -0.39 is 0 Å². The highest BCUT2D eigenvalue weighted by molar-refractivity contribution is 9.10. The molecular weight excluding hydrogens is 306 g/mol. The van der Waals surface area contributed by atoms with Crippen LogP contribution >= 0.6 is 15.9 Å². The number of fused-ring (bicyclic) bond motifs is 1. The quantitative estimate of drug-likeness (QED) is 0.884. The molecule has 1 aromatic carbocycles. The van der Waals surface area contributed by atoms with E-state index in [0.717, 1.165) is 17.3 Å². The molecule has 0 fully saturated rings. The molecule has 1 aromatic rings. The summed E-state index contributed by atoms with van der Waals surface area (Å²) in [5.74, 6) is 0. The molecule has 19 heavy (non-hydrogen) atoms. The van der Waals surface area contributed by atoms with E-state index in [1.54, 1.807) is 0 Å². The van der Waals surface area contributed by atoms with Gasteiger partial charge in [-0.3, -0.25) is 0 Å². The summed E-state index contributed by atoms with van der Waals surface area (Å²) in [4.78, 5) is 11.7. The third kappa shape index (κ3) is 3.11. The van der Waals surface area contributed by atoms with Crippen molar-refractivity contribution in [2.24, 2.45) is 5.41 Å². The number of benzene rings is 1. The maximum absolute atomic E-state index is 11.7. The summed E-state index contributed by atoms with van der Waals surface area (Å²) >= 11 is 3.51. The summed E-state index contributed by atoms with van der Waals surface area (Å²) in [5, 5.41) is 3.01. The Morgan fingerprint density at radius 2 is 2.26 bits per heavy atom. The molecule has 0 aromatic heterocycles. The van der Waals surface area contributed by atoms with Crippen LogP contribution in [0.3, 0.4) is 0 Å². The van der Waals surface area contributed by atoms with Gasteiger partial charge in [-0.2, -0.15) is 0 Å². The van der Waals surface area contributed by atoms with Crippen LogP contribution in [0.1, 0.15) is 44.4 Å². The van der Waals surface area contributed by atoms with Gasteiger partial charge in [-0.25, -0.2) is 4.79 Å². The molecule has 1 atom stereocenters. The average molecular weight is 326 g/mol. The molecule has 0 spiro atoms. The Hall–Kier alpha value is -1.03. The minimum absolute atomic E-state index is 0.00667. The van der Waals surface area contributed by atoms with Gasteiger partial charge in [0.2, 0.25) is 0 Å². The molecule has 1 amide bonds. The first-order valence-electron chi connectivity index (χ1n) is 6.65. The number of alkyl carbamates (subject to hydrolysis) is 1. The molecule has 2 rings (SSSR count). The van der Waals surface area contributed by atoms with Crippen LogP contribution in [0.25, 0.3) is 0 Å². The lowest BCUT2D eigenvalue weighted by molar-refractivity contribution is 0.129. The Morgan fingerprint density at radius 1 is 1.53 bits per heavy atom. The van der Waals surface area contributed by atoms with Crippen molar-refractivity contribution < 1.29 is 9.53 Å². The zero-order valence-corrected chi connectivity index (χ0v) is 13.2. The van der Waals surface area contributed by atoms with Crippen molar-refractivity contribution in [2.45, 2.75) is 39.7 Å². The van der Waals surface area contributed by atoms with Crippen LogP contribution in [-0.2, 0) is 11.2 Å². The molecule has 1 aliphatic carbocycles. The number of nitrogens with one attached hydrogen (secondary N) is 1.